The Morgan fingerprint density at radius 1 is 0.411 bits per heavy atom. The van der Waals surface area contributed by atoms with Crippen LogP contribution in [0.15, 0.2) is 72.8 Å². The smallest absolute Gasteiger partial charge is 0.423 e. The first-order valence-electron chi connectivity index (χ1n) is 23.2. The molecule has 4 rings (SSSR count). The molecule has 0 aliphatic heterocycles. The lowest BCUT2D eigenvalue weighted by atomic mass is 9.77. The molecule has 0 saturated carbocycles. The average Bonchev–Trinajstić information content (AvgIpc) is 3.21. The predicted octanol–water partition coefficient (Wildman–Crippen LogP) is 13.9. The van der Waals surface area contributed by atoms with E-state index >= 15 is 0 Å². The maximum Gasteiger partial charge on any atom is 0.488 e. The molecule has 0 spiro atoms. The highest BCUT2D eigenvalue weighted by molar-refractivity contribution is 7.80. The van der Waals surface area contributed by atoms with Crippen molar-refractivity contribution in [1.82, 2.24) is 4.90 Å². The highest BCUT2D eigenvalue weighted by Crippen LogP contribution is 2.35. The second kappa shape index (κ2) is 29.0. The van der Waals surface area contributed by atoms with Crippen molar-refractivity contribution in [2.75, 3.05) is 12.8 Å². The number of rotatable bonds is 33. The molecule has 308 valence electrons. The fourth-order valence-corrected chi connectivity index (χ4v) is 9.18. The minimum Gasteiger partial charge on any atom is -0.423 e. The summed E-state index contributed by atoms with van der Waals surface area (Å²) >= 11 is 4.30. The van der Waals surface area contributed by atoms with E-state index in [2.05, 4.69) is 73.1 Å². The molecule has 0 aromatic heterocycles. The summed E-state index contributed by atoms with van der Waals surface area (Å²) in [5, 5.41) is 25.3. The third-order valence-electron chi connectivity index (χ3n) is 12.2. The van der Waals surface area contributed by atoms with Gasteiger partial charge >= 0.3 is 7.12 Å². The minimum absolute atomic E-state index is 0.578. The molecule has 0 aliphatic rings. The van der Waals surface area contributed by atoms with Crippen LogP contribution in [0.1, 0.15) is 184 Å². The van der Waals surface area contributed by atoms with Crippen molar-refractivity contribution in [3.63, 3.8) is 0 Å². The number of nitrogens with zero attached hydrogens (tertiary/aromatic N) is 1. The van der Waals surface area contributed by atoms with Crippen molar-refractivity contribution in [1.29, 1.82) is 0 Å². The summed E-state index contributed by atoms with van der Waals surface area (Å²) in [6, 6.07) is 25.6. The Morgan fingerprint density at radius 2 is 0.732 bits per heavy atom. The van der Waals surface area contributed by atoms with Gasteiger partial charge < -0.3 is 10.0 Å². The molecule has 0 heterocycles. The Morgan fingerprint density at radius 3 is 1.11 bits per heavy atom. The molecule has 0 aliphatic carbocycles. The van der Waals surface area contributed by atoms with E-state index in [9.17, 15) is 10.0 Å². The van der Waals surface area contributed by atoms with Gasteiger partial charge in [-0.1, -0.05) is 227 Å². The van der Waals surface area contributed by atoms with E-state index in [0.717, 1.165) is 24.3 Å². The standard InChI is InChI=1S/C51H78BNO2S/c1-53(42-44-34-27-32-40-51(44)52(54)55)43-50-48-38-30-28-36-46(48)45(47-37-29-31-39-49(47)50)35-26-24-22-20-18-16-14-12-10-8-6-4-2-3-5-7-9-11-13-15-17-19-21-23-25-33-41-56/h27-32,34,36-40,54-56H,2-26,33,35,41-43H2,1H3. The van der Waals surface area contributed by atoms with E-state index in [1.807, 2.05) is 18.2 Å². The molecule has 0 bridgehead atoms. The van der Waals surface area contributed by atoms with Crippen LogP contribution in [0.2, 0.25) is 0 Å². The summed E-state index contributed by atoms with van der Waals surface area (Å²) in [5.74, 6) is 1.06. The monoisotopic (exact) mass is 780 g/mol. The zero-order valence-electron chi connectivity index (χ0n) is 35.5. The summed E-state index contributed by atoms with van der Waals surface area (Å²) in [5.41, 5.74) is 4.37. The lowest BCUT2D eigenvalue weighted by molar-refractivity contribution is 0.321. The Balaban J connectivity index is 1.03. The highest BCUT2D eigenvalue weighted by atomic mass is 32.1. The van der Waals surface area contributed by atoms with E-state index in [-0.39, 0.29) is 0 Å². The largest absolute Gasteiger partial charge is 0.488 e. The fourth-order valence-electron chi connectivity index (χ4n) is 8.95. The van der Waals surface area contributed by atoms with E-state index < -0.39 is 7.12 Å². The Labute approximate surface area is 349 Å². The summed E-state index contributed by atoms with van der Waals surface area (Å²) < 4.78 is 0. The van der Waals surface area contributed by atoms with Crippen LogP contribution < -0.4 is 5.46 Å². The lowest BCUT2D eigenvalue weighted by Gasteiger charge is -2.23. The number of thiol groups is 1. The van der Waals surface area contributed by atoms with Gasteiger partial charge in [0.15, 0.2) is 0 Å². The molecule has 4 aromatic carbocycles. The highest BCUT2D eigenvalue weighted by Gasteiger charge is 2.18. The van der Waals surface area contributed by atoms with Crippen molar-refractivity contribution in [3.05, 3.63) is 89.5 Å². The Bertz CT molecular complexity index is 1550. The van der Waals surface area contributed by atoms with Gasteiger partial charge in [-0.25, -0.2) is 0 Å². The van der Waals surface area contributed by atoms with Crippen molar-refractivity contribution in [3.8, 4) is 0 Å². The van der Waals surface area contributed by atoms with E-state index in [1.54, 1.807) is 6.07 Å². The molecular formula is C51H78BNO2S. The average molecular weight is 780 g/mol. The number of aryl methyl sites for hydroxylation is 1. The molecule has 0 atom stereocenters. The number of fused-ring (bicyclic) bond motifs is 2. The van der Waals surface area contributed by atoms with E-state index in [4.69, 9.17) is 0 Å². The van der Waals surface area contributed by atoms with Gasteiger partial charge in [0.25, 0.3) is 0 Å². The van der Waals surface area contributed by atoms with Crippen LogP contribution in [0.4, 0.5) is 0 Å². The number of hydrogen-bond acceptors (Lipinski definition) is 4. The second-order valence-electron chi connectivity index (χ2n) is 17.0. The lowest BCUT2D eigenvalue weighted by Crippen LogP contribution is -2.35. The number of hydrogen-bond donors (Lipinski definition) is 3. The molecule has 56 heavy (non-hydrogen) atoms. The molecule has 2 N–H and O–H groups in total. The topological polar surface area (TPSA) is 43.7 Å². The summed E-state index contributed by atoms with van der Waals surface area (Å²) in [6.45, 7) is 1.44. The Kier molecular flexibility index (Phi) is 24.0. The SMILES string of the molecule is CN(Cc1ccccc1B(O)O)Cc1c2ccccc2c(CCCCCCCCCCCCCCCCCCCCCCCCCCCCS)c2ccccc12. The van der Waals surface area contributed by atoms with Gasteiger partial charge in [-0.15, -0.1) is 0 Å². The molecule has 4 aromatic rings. The van der Waals surface area contributed by atoms with E-state index in [0.29, 0.717) is 12.0 Å². The molecule has 3 nitrogen and oxygen atoms in total. The summed E-state index contributed by atoms with van der Waals surface area (Å²) in [4.78, 5) is 2.29. The van der Waals surface area contributed by atoms with Gasteiger partial charge in [-0.3, -0.25) is 4.90 Å². The number of unbranched alkanes of at least 4 members (excludes halogenated alkanes) is 25. The first-order valence-corrected chi connectivity index (χ1v) is 23.9. The summed E-state index contributed by atoms with van der Waals surface area (Å²) in [7, 11) is 0.665. The Hall–Kier alpha value is -2.31. The maximum atomic E-state index is 9.91. The zero-order valence-corrected chi connectivity index (χ0v) is 36.4. The van der Waals surface area contributed by atoms with Crippen molar-refractivity contribution >= 4 is 46.8 Å². The van der Waals surface area contributed by atoms with Crippen LogP contribution in [0.25, 0.3) is 21.5 Å². The minimum atomic E-state index is -1.46. The van der Waals surface area contributed by atoms with Gasteiger partial charge in [0, 0.05) is 13.1 Å². The second-order valence-corrected chi connectivity index (χ2v) is 17.4. The van der Waals surface area contributed by atoms with Gasteiger partial charge in [-0.2, -0.15) is 12.6 Å². The zero-order chi connectivity index (χ0) is 39.5. The van der Waals surface area contributed by atoms with Crippen LogP contribution in [0, 0.1) is 0 Å². The fraction of sp³-hybridized carbons (Fsp3) is 0.608. The van der Waals surface area contributed by atoms with Crippen LogP contribution in [0.5, 0.6) is 0 Å². The van der Waals surface area contributed by atoms with Gasteiger partial charge in [-0.05, 0) is 75.8 Å². The molecule has 0 fully saturated rings. The quantitative estimate of drug-likeness (QED) is 0.0195. The normalized spacial score (nSPS) is 11.7. The summed E-state index contributed by atoms with van der Waals surface area (Å²) in [6.07, 6.45) is 37.9. The van der Waals surface area contributed by atoms with Crippen molar-refractivity contribution in [2.24, 2.45) is 0 Å². The van der Waals surface area contributed by atoms with Crippen LogP contribution in [-0.2, 0) is 19.5 Å². The van der Waals surface area contributed by atoms with Crippen LogP contribution in [-0.4, -0.2) is 34.9 Å². The van der Waals surface area contributed by atoms with Gasteiger partial charge in [0.05, 0.1) is 0 Å². The molecule has 0 saturated heterocycles. The molecule has 0 unspecified atom stereocenters. The number of benzene rings is 4. The van der Waals surface area contributed by atoms with E-state index in [1.165, 1.54) is 200 Å². The van der Waals surface area contributed by atoms with Crippen LogP contribution in [0.3, 0.4) is 0 Å². The van der Waals surface area contributed by atoms with Gasteiger partial charge in [0.2, 0.25) is 0 Å². The van der Waals surface area contributed by atoms with Crippen molar-refractivity contribution < 1.29 is 10.0 Å². The van der Waals surface area contributed by atoms with Crippen LogP contribution >= 0.6 is 12.6 Å². The predicted molar refractivity (Wildman–Crippen MR) is 250 cm³/mol. The maximum absolute atomic E-state index is 9.91. The molecule has 0 radical (unpaired) electrons. The van der Waals surface area contributed by atoms with Crippen molar-refractivity contribution in [2.45, 2.75) is 186 Å². The molecule has 0 amide bonds. The third kappa shape index (κ3) is 17.3. The first kappa shape index (κ1) is 46.4. The van der Waals surface area contributed by atoms with Gasteiger partial charge in [0.1, 0.15) is 0 Å². The first-order chi connectivity index (χ1) is 27.6. The molecule has 5 heteroatoms. The molecular weight excluding hydrogens is 701 g/mol. The third-order valence-corrected chi connectivity index (χ3v) is 12.5.